The normalized spacial score (nSPS) is 11.9. The Balaban J connectivity index is 2.09. The number of likely N-dealkylation sites (N-methyl/N-ethyl adjacent to an activating group) is 1. The molecule has 0 fully saturated rings. The highest BCUT2D eigenvalue weighted by Crippen LogP contribution is 2.32. The minimum absolute atomic E-state index is 0.0795. The minimum atomic E-state index is -4.37. The molecule has 0 unspecified atom stereocenters. The predicted octanol–water partition coefficient (Wildman–Crippen LogP) is 4.29. The summed E-state index contributed by atoms with van der Waals surface area (Å²) in [5.74, 6) is -0.995. The van der Waals surface area contributed by atoms with Crippen molar-refractivity contribution in [2.45, 2.75) is 44.7 Å². The number of benzene rings is 3. The van der Waals surface area contributed by atoms with Crippen LogP contribution in [-0.4, -0.2) is 58.5 Å². The van der Waals surface area contributed by atoms with E-state index in [-0.39, 0.29) is 28.8 Å². The number of sulfonamides is 1. The van der Waals surface area contributed by atoms with Crippen LogP contribution in [0.15, 0.2) is 71.6 Å². The third kappa shape index (κ3) is 7.55. The van der Waals surface area contributed by atoms with Gasteiger partial charge in [-0.3, -0.25) is 13.9 Å². The van der Waals surface area contributed by atoms with Crippen molar-refractivity contribution in [1.29, 1.82) is 0 Å². The summed E-state index contributed by atoms with van der Waals surface area (Å²) in [5, 5.41) is 2.77. The van der Waals surface area contributed by atoms with Crippen molar-refractivity contribution >= 4 is 27.5 Å². The van der Waals surface area contributed by atoms with E-state index in [1.54, 1.807) is 13.8 Å². The van der Waals surface area contributed by atoms with E-state index in [4.69, 9.17) is 9.47 Å². The zero-order valence-electron chi connectivity index (χ0n) is 23.9. The smallest absolute Gasteiger partial charge is 0.264 e. The number of carbonyl (C=O) groups excluding carboxylic acids is 2. The van der Waals surface area contributed by atoms with Crippen molar-refractivity contribution in [3.63, 3.8) is 0 Å². The fourth-order valence-electron chi connectivity index (χ4n) is 4.34. The minimum Gasteiger partial charge on any atom is -0.493 e. The first kappa shape index (κ1) is 31.4. The summed E-state index contributed by atoms with van der Waals surface area (Å²) in [5.41, 5.74) is 1.89. The van der Waals surface area contributed by atoms with Gasteiger partial charge in [0.25, 0.3) is 10.0 Å². The summed E-state index contributed by atoms with van der Waals surface area (Å²) in [6, 6.07) is 15.6. The lowest BCUT2D eigenvalue weighted by atomic mass is 10.1. The van der Waals surface area contributed by atoms with Crippen LogP contribution in [0.25, 0.3) is 0 Å². The highest BCUT2D eigenvalue weighted by atomic mass is 32.2. The molecule has 0 aliphatic rings. The lowest BCUT2D eigenvalue weighted by Gasteiger charge is -2.33. The Morgan fingerprint density at radius 1 is 0.927 bits per heavy atom. The van der Waals surface area contributed by atoms with E-state index >= 15 is 0 Å². The maximum absolute atomic E-state index is 14.0. The Bertz CT molecular complexity index is 1450. The maximum Gasteiger partial charge on any atom is 0.264 e. The van der Waals surface area contributed by atoms with Crippen molar-refractivity contribution in [3.05, 3.63) is 83.7 Å². The quantitative estimate of drug-likeness (QED) is 0.321. The highest BCUT2D eigenvalue weighted by Gasteiger charge is 2.34. The van der Waals surface area contributed by atoms with Gasteiger partial charge < -0.3 is 19.7 Å². The van der Waals surface area contributed by atoms with Crippen molar-refractivity contribution < 1.29 is 31.9 Å². The monoisotopic (exact) mass is 585 g/mol. The second kappa shape index (κ2) is 14.0. The Hall–Kier alpha value is -4.12. The van der Waals surface area contributed by atoms with Gasteiger partial charge in [0.1, 0.15) is 18.4 Å². The third-order valence-electron chi connectivity index (χ3n) is 6.55. The van der Waals surface area contributed by atoms with Gasteiger partial charge in [0.05, 0.1) is 24.8 Å². The van der Waals surface area contributed by atoms with Crippen LogP contribution in [0.4, 0.5) is 10.1 Å². The average molecular weight is 586 g/mol. The van der Waals surface area contributed by atoms with Gasteiger partial charge in [0.2, 0.25) is 11.8 Å². The summed E-state index contributed by atoms with van der Waals surface area (Å²) < 4.78 is 53.2. The van der Waals surface area contributed by atoms with E-state index < -0.39 is 34.3 Å². The van der Waals surface area contributed by atoms with Gasteiger partial charge in [0, 0.05) is 19.2 Å². The summed E-state index contributed by atoms with van der Waals surface area (Å²) in [6.45, 7) is 5.33. The fourth-order valence-corrected chi connectivity index (χ4v) is 5.77. The number of aryl methyl sites for hydroxylation is 1. The van der Waals surface area contributed by atoms with Crippen LogP contribution in [0.1, 0.15) is 31.4 Å². The Morgan fingerprint density at radius 3 is 2.12 bits per heavy atom. The molecule has 0 saturated carbocycles. The molecule has 0 heterocycles. The van der Waals surface area contributed by atoms with Crippen molar-refractivity contribution in [1.82, 2.24) is 10.2 Å². The summed E-state index contributed by atoms with van der Waals surface area (Å²) >= 11 is 0. The zero-order chi connectivity index (χ0) is 30.2. The first-order chi connectivity index (χ1) is 19.5. The summed E-state index contributed by atoms with van der Waals surface area (Å²) in [7, 11) is -1.56. The highest BCUT2D eigenvalue weighted by molar-refractivity contribution is 7.92. The topological polar surface area (TPSA) is 105 Å². The number of hydrogen-bond acceptors (Lipinski definition) is 6. The molecule has 220 valence electrons. The molecule has 11 heteroatoms. The van der Waals surface area contributed by atoms with Gasteiger partial charge in [-0.1, -0.05) is 36.8 Å². The second-order valence-electron chi connectivity index (χ2n) is 9.33. The molecule has 0 aliphatic heterocycles. The van der Waals surface area contributed by atoms with E-state index in [1.165, 1.54) is 49.5 Å². The number of methoxy groups -OCH3 is 2. The van der Waals surface area contributed by atoms with Crippen LogP contribution in [-0.2, 0) is 26.2 Å². The lowest BCUT2D eigenvalue weighted by molar-refractivity contribution is -0.140. The molecule has 0 radical (unpaired) electrons. The van der Waals surface area contributed by atoms with Crippen LogP contribution in [0.2, 0.25) is 0 Å². The Labute approximate surface area is 240 Å². The molecule has 1 N–H and O–H groups in total. The molecule has 0 aliphatic carbocycles. The average Bonchev–Trinajstić information content (AvgIpc) is 2.96. The van der Waals surface area contributed by atoms with E-state index in [2.05, 4.69) is 5.32 Å². The number of anilines is 1. The number of nitrogens with zero attached hydrogens (tertiary/aromatic N) is 2. The van der Waals surface area contributed by atoms with Gasteiger partial charge >= 0.3 is 0 Å². The van der Waals surface area contributed by atoms with Crippen LogP contribution in [0.3, 0.4) is 0 Å². The first-order valence-corrected chi connectivity index (χ1v) is 14.6. The number of amides is 2. The molecule has 0 aromatic heterocycles. The first-order valence-electron chi connectivity index (χ1n) is 13.2. The number of halogens is 1. The Kier molecular flexibility index (Phi) is 10.7. The van der Waals surface area contributed by atoms with Crippen molar-refractivity contribution in [3.8, 4) is 11.5 Å². The third-order valence-corrected chi connectivity index (χ3v) is 8.32. The van der Waals surface area contributed by atoms with Gasteiger partial charge in [0.15, 0.2) is 11.5 Å². The molecule has 0 saturated heterocycles. The van der Waals surface area contributed by atoms with Crippen molar-refractivity contribution in [2.24, 2.45) is 0 Å². The lowest BCUT2D eigenvalue weighted by Crippen LogP contribution is -2.52. The number of hydrogen-bond donors (Lipinski definition) is 1. The van der Waals surface area contributed by atoms with Gasteiger partial charge in [-0.15, -0.1) is 0 Å². The van der Waals surface area contributed by atoms with Gasteiger partial charge in [-0.25, -0.2) is 12.8 Å². The molecule has 2 amide bonds. The van der Waals surface area contributed by atoms with Crippen LogP contribution in [0, 0.1) is 12.7 Å². The molecule has 9 nitrogen and oxygen atoms in total. The number of ether oxygens (including phenoxy) is 2. The van der Waals surface area contributed by atoms with E-state index in [0.29, 0.717) is 18.7 Å². The summed E-state index contributed by atoms with van der Waals surface area (Å²) in [6.07, 6.45) is 0.308. The molecule has 0 bridgehead atoms. The summed E-state index contributed by atoms with van der Waals surface area (Å²) in [4.78, 5) is 28.2. The molecule has 0 spiro atoms. The van der Waals surface area contributed by atoms with Gasteiger partial charge in [-0.05, 0) is 62.2 Å². The van der Waals surface area contributed by atoms with E-state index in [1.807, 2.05) is 31.2 Å². The molecule has 1 atom stereocenters. The standard InChI is InChI=1S/C30H36FN3O6S/c1-6-26(30(36)32-7-2)33(19-22-10-8-21(3)9-11-22)29(35)20-34(24-14-12-23(31)13-15-24)41(37,38)25-16-17-27(39-4)28(18-25)40-5/h8-18,26H,6-7,19-20H2,1-5H3,(H,32,36)/t26-/m1/s1. The van der Waals surface area contributed by atoms with Gasteiger partial charge in [-0.2, -0.15) is 0 Å². The number of carbonyl (C=O) groups is 2. The molecule has 41 heavy (non-hydrogen) atoms. The fraction of sp³-hybridized carbons (Fsp3) is 0.333. The largest absolute Gasteiger partial charge is 0.493 e. The van der Waals surface area contributed by atoms with E-state index in [9.17, 15) is 22.4 Å². The Morgan fingerprint density at radius 2 is 1.56 bits per heavy atom. The SMILES string of the molecule is CCNC(=O)[C@@H](CC)N(Cc1ccc(C)cc1)C(=O)CN(c1ccc(F)cc1)S(=O)(=O)c1ccc(OC)c(OC)c1. The molecule has 3 aromatic rings. The predicted molar refractivity (Wildman–Crippen MR) is 155 cm³/mol. The number of rotatable bonds is 13. The van der Waals surface area contributed by atoms with Crippen molar-refractivity contribution in [2.75, 3.05) is 31.6 Å². The molecular weight excluding hydrogens is 549 g/mol. The molecule has 3 aromatic carbocycles. The maximum atomic E-state index is 14.0. The van der Waals surface area contributed by atoms with Crippen LogP contribution in [0.5, 0.6) is 11.5 Å². The zero-order valence-corrected chi connectivity index (χ0v) is 24.7. The molecular formula is C30H36FN3O6S. The van der Waals surface area contributed by atoms with Crippen LogP contribution < -0.4 is 19.1 Å². The second-order valence-corrected chi connectivity index (χ2v) is 11.2. The van der Waals surface area contributed by atoms with E-state index in [0.717, 1.165) is 27.6 Å². The number of nitrogens with one attached hydrogen (secondary N) is 1. The van der Waals surface area contributed by atoms with Crippen LogP contribution >= 0.6 is 0 Å². The molecule has 3 rings (SSSR count).